The lowest BCUT2D eigenvalue weighted by Crippen LogP contribution is -1.98. The summed E-state index contributed by atoms with van der Waals surface area (Å²) in [7, 11) is 0. The Kier molecular flexibility index (Phi) is 3.71. The molecule has 0 spiro atoms. The fourth-order valence-electron chi connectivity index (χ4n) is 0.914. The quantitative estimate of drug-likeness (QED) is 0.453. The van der Waals surface area contributed by atoms with E-state index in [-0.39, 0.29) is 5.91 Å². The lowest BCUT2D eigenvalue weighted by atomic mass is 10.1. The number of benzene rings is 1. The molecule has 0 aliphatic heterocycles. The lowest BCUT2D eigenvalue weighted by Gasteiger charge is -2.01. The lowest BCUT2D eigenvalue weighted by molar-refractivity contribution is 0.100. The van der Waals surface area contributed by atoms with Gasteiger partial charge in [-0.25, -0.2) is 0 Å². The molecule has 66 valence electrons. The molecular formula is C9H6INOS. The number of carbonyl (C=O) groups is 1. The SMILES string of the molecule is Cc1cccc(C(=O)N=C=S)c1I. The van der Waals surface area contributed by atoms with E-state index in [1.54, 1.807) is 6.07 Å². The van der Waals surface area contributed by atoms with Crippen LogP contribution in [0.3, 0.4) is 0 Å². The summed E-state index contributed by atoms with van der Waals surface area (Å²) in [5.74, 6) is -0.330. The van der Waals surface area contributed by atoms with E-state index in [0.717, 1.165) is 9.13 Å². The van der Waals surface area contributed by atoms with Crippen LogP contribution in [0.5, 0.6) is 0 Å². The van der Waals surface area contributed by atoms with Gasteiger partial charge in [0.1, 0.15) is 0 Å². The van der Waals surface area contributed by atoms with E-state index >= 15 is 0 Å². The van der Waals surface area contributed by atoms with Crippen molar-refractivity contribution in [2.75, 3.05) is 0 Å². The van der Waals surface area contributed by atoms with Gasteiger partial charge in [-0.15, -0.1) is 0 Å². The van der Waals surface area contributed by atoms with Gasteiger partial charge >= 0.3 is 0 Å². The third-order valence-corrected chi connectivity index (χ3v) is 3.09. The summed E-state index contributed by atoms with van der Waals surface area (Å²) in [6, 6.07) is 5.50. The molecule has 0 bridgehead atoms. The van der Waals surface area contributed by atoms with Crippen molar-refractivity contribution in [2.45, 2.75) is 6.92 Å². The molecule has 0 saturated carbocycles. The number of carbonyl (C=O) groups excluding carboxylic acids is 1. The number of halogens is 1. The van der Waals surface area contributed by atoms with Crippen LogP contribution in [0.25, 0.3) is 0 Å². The molecule has 0 saturated heterocycles. The fraction of sp³-hybridized carbons (Fsp3) is 0.111. The van der Waals surface area contributed by atoms with Crippen LogP contribution in [0.1, 0.15) is 15.9 Å². The normalized spacial score (nSPS) is 9.08. The highest BCUT2D eigenvalue weighted by atomic mass is 127. The van der Waals surface area contributed by atoms with Gasteiger partial charge in [0.15, 0.2) is 0 Å². The van der Waals surface area contributed by atoms with Crippen molar-refractivity contribution in [3.8, 4) is 0 Å². The minimum Gasteiger partial charge on any atom is -0.266 e. The summed E-state index contributed by atoms with van der Waals surface area (Å²) in [5, 5.41) is 2.07. The molecule has 0 aliphatic carbocycles. The molecule has 0 atom stereocenters. The number of aryl methyl sites for hydroxylation is 1. The molecule has 0 aliphatic rings. The first-order valence-electron chi connectivity index (χ1n) is 3.54. The van der Waals surface area contributed by atoms with Crippen LogP contribution in [0.4, 0.5) is 0 Å². The first-order valence-corrected chi connectivity index (χ1v) is 5.03. The zero-order valence-electron chi connectivity index (χ0n) is 6.87. The number of hydrogen-bond acceptors (Lipinski definition) is 2. The summed E-state index contributed by atoms with van der Waals surface area (Å²) in [4.78, 5) is 14.7. The molecule has 4 heteroatoms. The Morgan fingerprint density at radius 2 is 2.31 bits per heavy atom. The topological polar surface area (TPSA) is 29.4 Å². The van der Waals surface area contributed by atoms with Crippen LogP contribution in [-0.4, -0.2) is 11.1 Å². The van der Waals surface area contributed by atoms with Crippen molar-refractivity contribution < 1.29 is 4.79 Å². The Balaban J connectivity index is 3.22. The first kappa shape index (κ1) is 10.5. The molecule has 0 radical (unpaired) electrons. The van der Waals surface area contributed by atoms with E-state index in [4.69, 9.17) is 0 Å². The predicted molar refractivity (Wildman–Crippen MR) is 63.3 cm³/mol. The zero-order chi connectivity index (χ0) is 9.84. The van der Waals surface area contributed by atoms with Gasteiger partial charge in [0.25, 0.3) is 5.91 Å². The Hall–Kier alpha value is -0.580. The van der Waals surface area contributed by atoms with E-state index in [1.807, 2.05) is 19.1 Å². The van der Waals surface area contributed by atoms with Crippen molar-refractivity contribution >= 4 is 45.9 Å². The summed E-state index contributed by atoms with van der Waals surface area (Å²) >= 11 is 6.48. The molecule has 0 fully saturated rings. The molecule has 1 rings (SSSR count). The highest BCUT2D eigenvalue weighted by Crippen LogP contribution is 2.17. The van der Waals surface area contributed by atoms with Crippen LogP contribution in [0, 0.1) is 10.5 Å². The molecule has 0 aromatic heterocycles. The summed E-state index contributed by atoms with van der Waals surface area (Å²) < 4.78 is 0.916. The van der Waals surface area contributed by atoms with Crippen LogP contribution in [-0.2, 0) is 0 Å². The van der Waals surface area contributed by atoms with Gasteiger partial charge in [0.2, 0.25) is 0 Å². The number of amides is 1. The number of nitrogens with zero attached hydrogens (tertiary/aromatic N) is 1. The molecule has 2 nitrogen and oxygen atoms in total. The van der Waals surface area contributed by atoms with Gasteiger partial charge in [-0.3, -0.25) is 4.79 Å². The molecular weight excluding hydrogens is 297 g/mol. The highest BCUT2D eigenvalue weighted by molar-refractivity contribution is 14.1. The van der Waals surface area contributed by atoms with Crippen molar-refractivity contribution in [1.29, 1.82) is 0 Å². The Bertz CT molecular complexity index is 397. The van der Waals surface area contributed by atoms with Gasteiger partial charge in [-0.1, -0.05) is 12.1 Å². The van der Waals surface area contributed by atoms with Crippen LogP contribution in [0.15, 0.2) is 23.2 Å². The van der Waals surface area contributed by atoms with Crippen LogP contribution >= 0.6 is 34.8 Å². The second kappa shape index (κ2) is 4.60. The largest absolute Gasteiger partial charge is 0.286 e. The van der Waals surface area contributed by atoms with Crippen molar-refractivity contribution in [2.24, 2.45) is 4.99 Å². The number of thiocarbonyl (C=S) groups is 1. The summed E-state index contributed by atoms with van der Waals surface area (Å²) in [5.41, 5.74) is 1.64. The summed E-state index contributed by atoms with van der Waals surface area (Å²) in [6.45, 7) is 1.94. The van der Waals surface area contributed by atoms with Gasteiger partial charge in [-0.2, -0.15) is 4.99 Å². The summed E-state index contributed by atoms with van der Waals surface area (Å²) in [6.07, 6.45) is 0. The monoisotopic (exact) mass is 303 g/mol. The van der Waals surface area contributed by atoms with Gasteiger partial charge < -0.3 is 0 Å². The van der Waals surface area contributed by atoms with Crippen molar-refractivity contribution in [3.63, 3.8) is 0 Å². The molecule has 1 aromatic rings. The maximum absolute atomic E-state index is 11.3. The van der Waals surface area contributed by atoms with E-state index in [9.17, 15) is 4.79 Å². The highest BCUT2D eigenvalue weighted by Gasteiger charge is 2.08. The predicted octanol–water partition coefficient (Wildman–Crippen LogP) is 2.84. The molecule has 0 heterocycles. The van der Waals surface area contributed by atoms with E-state index in [1.165, 1.54) is 0 Å². The number of isothiocyanates is 1. The standard InChI is InChI=1S/C9H6INOS/c1-6-3-2-4-7(8(6)10)9(12)11-5-13/h2-4H,1H3. The second-order valence-electron chi connectivity index (χ2n) is 2.44. The van der Waals surface area contributed by atoms with Crippen LogP contribution < -0.4 is 0 Å². The van der Waals surface area contributed by atoms with Crippen LogP contribution in [0.2, 0.25) is 0 Å². The second-order valence-corrected chi connectivity index (χ2v) is 3.71. The fourth-order valence-corrected chi connectivity index (χ4v) is 1.59. The van der Waals surface area contributed by atoms with E-state index < -0.39 is 0 Å². The maximum Gasteiger partial charge on any atom is 0.286 e. The van der Waals surface area contributed by atoms with Crippen molar-refractivity contribution in [1.82, 2.24) is 0 Å². The zero-order valence-corrected chi connectivity index (χ0v) is 9.85. The van der Waals surface area contributed by atoms with E-state index in [0.29, 0.717) is 5.56 Å². The third kappa shape index (κ3) is 2.43. The Morgan fingerprint density at radius 1 is 1.62 bits per heavy atom. The number of hydrogen-bond donors (Lipinski definition) is 0. The number of rotatable bonds is 1. The van der Waals surface area contributed by atoms with E-state index in [2.05, 4.69) is 45.0 Å². The molecule has 1 amide bonds. The molecule has 0 unspecified atom stereocenters. The molecule has 0 N–H and O–H groups in total. The molecule has 1 aromatic carbocycles. The van der Waals surface area contributed by atoms with Gasteiger partial charge in [0, 0.05) is 3.57 Å². The minimum atomic E-state index is -0.330. The molecule has 13 heavy (non-hydrogen) atoms. The smallest absolute Gasteiger partial charge is 0.266 e. The number of aliphatic imine (C=N–C) groups is 1. The minimum absolute atomic E-state index is 0.330. The maximum atomic E-state index is 11.3. The van der Waals surface area contributed by atoms with Gasteiger partial charge in [0.05, 0.1) is 10.7 Å². The Labute approximate surface area is 95.2 Å². The van der Waals surface area contributed by atoms with Crippen molar-refractivity contribution in [3.05, 3.63) is 32.9 Å². The average molecular weight is 303 g/mol. The Morgan fingerprint density at radius 3 is 2.92 bits per heavy atom. The first-order chi connectivity index (χ1) is 6.16. The van der Waals surface area contributed by atoms with Gasteiger partial charge in [-0.05, 0) is 53.4 Å². The average Bonchev–Trinajstić information content (AvgIpc) is 2.10. The third-order valence-electron chi connectivity index (χ3n) is 1.57.